The third kappa shape index (κ3) is 4.89. The van der Waals surface area contributed by atoms with Crippen LogP contribution in [0.2, 0.25) is 0 Å². The smallest absolute Gasteiger partial charge is 0.0565 e. The van der Waals surface area contributed by atoms with Crippen molar-refractivity contribution in [3.05, 3.63) is 0 Å². The minimum absolute atomic E-state index is 0.322. The van der Waals surface area contributed by atoms with E-state index in [1.54, 1.807) is 0 Å². The molecule has 0 bridgehead atoms. The van der Waals surface area contributed by atoms with Gasteiger partial charge < -0.3 is 10.4 Å². The van der Waals surface area contributed by atoms with Crippen LogP contribution in [0.3, 0.4) is 0 Å². The normalized spacial score (nSPS) is 27.7. The first-order valence-corrected chi connectivity index (χ1v) is 6.39. The zero-order valence-electron chi connectivity index (χ0n) is 9.05. The highest BCUT2D eigenvalue weighted by atomic mass is 32.2. The van der Waals surface area contributed by atoms with E-state index in [9.17, 15) is 0 Å². The Morgan fingerprint density at radius 1 is 1.46 bits per heavy atom. The molecule has 0 radical (unpaired) electrons. The quantitative estimate of drug-likeness (QED) is 0.738. The predicted octanol–water partition coefficient (Wildman–Crippen LogP) is 1.88. The van der Waals surface area contributed by atoms with E-state index in [1.807, 2.05) is 25.6 Å². The van der Waals surface area contributed by atoms with Crippen molar-refractivity contribution in [1.82, 2.24) is 5.32 Å². The molecule has 13 heavy (non-hydrogen) atoms. The monoisotopic (exact) mass is 205 g/mol. The van der Waals surface area contributed by atoms with Crippen molar-refractivity contribution in [2.45, 2.75) is 44.9 Å². The topological polar surface area (TPSA) is 32.3 Å². The van der Waals surface area contributed by atoms with Gasteiger partial charge in [0, 0.05) is 23.6 Å². The van der Waals surface area contributed by atoms with Gasteiger partial charge in [0.25, 0.3) is 0 Å². The standard InChI is InChI=1S/C8H17NOS.C2H6/c1-2-3-7-8(6-10)11-5-4-9-7;1-2/h7-10H,2-6H2,1H3;1-2H3. The fourth-order valence-corrected chi connectivity index (χ4v) is 2.59. The van der Waals surface area contributed by atoms with Crippen LogP contribution in [0.1, 0.15) is 33.6 Å². The van der Waals surface area contributed by atoms with E-state index in [0.29, 0.717) is 17.9 Å². The average molecular weight is 205 g/mol. The molecule has 0 spiro atoms. The number of nitrogens with one attached hydrogen (secondary N) is 1. The molecule has 2 atom stereocenters. The van der Waals surface area contributed by atoms with Gasteiger partial charge in [-0.2, -0.15) is 11.8 Å². The number of thioether (sulfide) groups is 1. The molecule has 1 fully saturated rings. The Kier molecular flexibility index (Phi) is 9.03. The Bertz CT molecular complexity index is 109. The van der Waals surface area contributed by atoms with Crippen LogP contribution in [-0.4, -0.2) is 35.3 Å². The van der Waals surface area contributed by atoms with E-state index in [4.69, 9.17) is 5.11 Å². The maximum absolute atomic E-state index is 9.03. The summed E-state index contributed by atoms with van der Waals surface area (Å²) in [6.45, 7) is 7.61. The summed E-state index contributed by atoms with van der Waals surface area (Å²) in [5.41, 5.74) is 0. The van der Waals surface area contributed by atoms with Gasteiger partial charge in [-0.3, -0.25) is 0 Å². The van der Waals surface area contributed by atoms with Gasteiger partial charge in [0.15, 0.2) is 0 Å². The van der Waals surface area contributed by atoms with Crippen LogP contribution in [-0.2, 0) is 0 Å². The van der Waals surface area contributed by atoms with Crippen molar-refractivity contribution < 1.29 is 5.11 Å². The first-order chi connectivity index (χ1) is 6.38. The van der Waals surface area contributed by atoms with Gasteiger partial charge in [-0.1, -0.05) is 27.2 Å². The van der Waals surface area contributed by atoms with Crippen molar-refractivity contribution in [1.29, 1.82) is 0 Å². The Morgan fingerprint density at radius 2 is 2.15 bits per heavy atom. The number of rotatable bonds is 3. The average Bonchev–Trinajstić information content (AvgIpc) is 2.22. The summed E-state index contributed by atoms with van der Waals surface area (Å²) >= 11 is 1.90. The molecule has 0 saturated carbocycles. The molecule has 1 aliphatic rings. The first kappa shape index (κ1) is 13.3. The second kappa shape index (κ2) is 8.85. The Labute approximate surface area is 86.5 Å². The zero-order valence-corrected chi connectivity index (χ0v) is 9.86. The SMILES string of the molecule is CC.CCCC1NCCSC1CO. The summed E-state index contributed by atoms with van der Waals surface area (Å²) in [5.74, 6) is 1.14. The number of aliphatic hydroxyl groups is 1. The second-order valence-corrected chi connectivity index (χ2v) is 4.29. The zero-order chi connectivity index (χ0) is 10.1. The van der Waals surface area contributed by atoms with Gasteiger partial charge >= 0.3 is 0 Å². The van der Waals surface area contributed by atoms with Crippen LogP contribution in [0, 0.1) is 0 Å². The maximum atomic E-state index is 9.03. The van der Waals surface area contributed by atoms with Crippen molar-refractivity contribution in [2.75, 3.05) is 18.9 Å². The molecule has 1 aliphatic heterocycles. The lowest BCUT2D eigenvalue weighted by Crippen LogP contribution is -2.45. The lowest BCUT2D eigenvalue weighted by atomic mass is 10.1. The fourth-order valence-electron chi connectivity index (χ4n) is 1.48. The molecule has 2 N–H and O–H groups in total. The maximum Gasteiger partial charge on any atom is 0.0565 e. The van der Waals surface area contributed by atoms with E-state index in [2.05, 4.69) is 12.2 Å². The summed E-state index contributed by atoms with van der Waals surface area (Å²) in [4.78, 5) is 0. The molecule has 1 rings (SSSR count). The molecule has 0 aromatic heterocycles. The molecule has 2 unspecified atom stereocenters. The van der Waals surface area contributed by atoms with Crippen LogP contribution in [0.5, 0.6) is 0 Å². The lowest BCUT2D eigenvalue weighted by molar-refractivity contribution is 0.265. The fraction of sp³-hybridized carbons (Fsp3) is 1.00. The molecular formula is C10H23NOS. The van der Waals surface area contributed by atoms with Crippen LogP contribution in [0.15, 0.2) is 0 Å². The van der Waals surface area contributed by atoms with Gasteiger partial charge in [0.2, 0.25) is 0 Å². The molecule has 0 aliphatic carbocycles. The molecule has 80 valence electrons. The van der Waals surface area contributed by atoms with Crippen molar-refractivity contribution >= 4 is 11.8 Å². The Hall–Kier alpha value is 0.270. The molecule has 1 saturated heterocycles. The predicted molar refractivity (Wildman–Crippen MR) is 61.4 cm³/mol. The highest BCUT2D eigenvalue weighted by Gasteiger charge is 2.23. The molecular weight excluding hydrogens is 182 g/mol. The van der Waals surface area contributed by atoms with Crippen LogP contribution in [0.4, 0.5) is 0 Å². The molecule has 1 heterocycles. The highest BCUT2D eigenvalue weighted by Crippen LogP contribution is 2.20. The summed E-state index contributed by atoms with van der Waals surface area (Å²) in [5, 5.41) is 12.9. The van der Waals surface area contributed by atoms with Gasteiger partial charge in [0.05, 0.1) is 6.61 Å². The summed E-state index contributed by atoms with van der Waals surface area (Å²) in [6.07, 6.45) is 2.40. The highest BCUT2D eigenvalue weighted by molar-refractivity contribution is 8.00. The lowest BCUT2D eigenvalue weighted by Gasteiger charge is -2.30. The largest absolute Gasteiger partial charge is 0.395 e. The summed E-state index contributed by atoms with van der Waals surface area (Å²) in [6, 6.07) is 0.545. The van der Waals surface area contributed by atoms with Crippen LogP contribution >= 0.6 is 11.8 Å². The van der Waals surface area contributed by atoms with Crippen molar-refractivity contribution in [2.24, 2.45) is 0 Å². The summed E-state index contributed by atoms with van der Waals surface area (Å²) in [7, 11) is 0. The molecule has 0 aromatic carbocycles. The number of hydrogen-bond acceptors (Lipinski definition) is 3. The number of hydrogen-bond donors (Lipinski definition) is 2. The van der Waals surface area contributed by atoms with Crippen LogP contribution in [0.25, 0.3) is 0 Å². The van der Waals surface area contributed by atoms with E-state index in [0.717, 1.165) is 12.3 Å². The second-order valence-electron chi connectivity index (χ2n) is 2.94. The minimum Gasteiger partial charge on any atom is -0.395 e. The van der Waals surface area contributed by atoms with Crippen molar-refractivity contribution in [3.63, 3.8) is 0 Å². The third-order valence-corrected chi connectivity index (χ3v) is 3.41. The third-order valence-electron chi connectivity index (χ3n) is 2.07. The van der Waals surface area contributed by atoms with Gasteiger partial charge in [-0.15, -0.1) is 0 Å². The molecule has 0 amide bonds. The van der Waals surface area contributed by atoms with E-state index >= 15 is 0 Å². The van der Waals surface area contributed by atoms with E-state index in [1.165, 1.54) is 12.8 Å². The molecule has 0 aromatic rings. The molecule has 2 nitrogen and oxygen atoms in total. The molecule has 3 heteroatoms. The van der Waals surface area contributed by atoms with Crippen LogP contribution < -0.4 is 5.32 Å². The van der Waals surface area contributed by atoms with Crippen molar-refractivity contribution in [3.8, 4) is 0 Å². The Balaban J connectivity index is 0.000000671. The van der Waals surface area contributed by atoms with E-state index < -0.39 is 0 Å². The van der Waals surface area contributed by atoms with Gasteiger partial charge in [0.1, 0.15) is 0 Å². The summed E-state index contributed by atoms with van der Waals surface area (Å²) < 4.78 is 0. The Morgan fingerprint density at radius 3 is 2.69 bits per heavy atom. The van der Waals surface area contributed by atoms with Gasteiger partial charge in [-0.05, 0) is 6.42 Å². The van der Waals surface area contributed by atoms with E-state index in [-0.39, 0.29) is 0 Å². The first-order valence-electron chi connectivity index (χ1n) is 5.34. The minimum atomic E-state index is 0.322. The van der Waals surface area contributed by atoms with Gasteiger partial charge in [-0.25, -0.2) is 0 Å². The number of aliphatic hydroxyl groups excluding tert-OH is 1.